The molecular formula is C9H19BrO. The van der Waals surface area contributed by atoms with E-state index in [0.717, 1.165) is 18.0 Å². The van der Waals surface area contributed by atoms with Crippen LogP contribution < -0.4 is 0 Å². The molecule has 0 heterocycles. The maximum Gasteiger partial charge on any atom is 0.123 e. The summed E-state index contributed by atoms with van der Waals surface area (Å²) in [6.45, 7) is 6.36. The van der Waals surface area contributed by atoms with Crippen molar-refractivity contribution in [2.45, 2.75) is 40.0 Å². The van der Waals surface area contributed by atoms with Gasteiger partial charge in [0, 0.05) is 11.2 Å². The van der Waals surface area contributed by atoms with Gasteiger partial charge in [-0.15, -0.1) is 0 Å². The molecule has 1 unspecified atom stereocenters. The van der Waals surface area contributed by atoms with Crippen molar-refractivity contribution in [2.24, 2.45) is 5.92 Å². The predicted molar refractivity (Wildman–Crippen MR) is 54.2 cm³/mol. The summed E-state index contributed by atoms with van der Waals surface area (Å²) in [7, 11) is 0. The average molecular weight is 223 g/mol. The van der Waals surface area contributed by atoms with Crippen LogP contribution in [0.2, 0.25) is 0 Å². The summed E-state index contributed by atoms with van der Waals surface area (Å²) < 4.78 is 0. The van der Waals surface area contributed by atoms with Gasteiger partial charge in [-0.2, -0.15) is 0 Å². The van der Waals surface area contributed by atoms with E-state index >= 15 is 0 Å². The van der Waals surface area contributed by atoms with Crippen molar-refractivity contribution in [1.82, 2.24) is 0 Å². The molecule has 1 atom stereocenters. The molecule has 1 nitrogen and oxygen atoms in total. The minimum atomic E-state index is 0.222. The number of rotatable bonds is 4. The van der Waals surface area contributed by atoms with E-state index in [-0.39, 0.29) is 5.92 Å². The Bertz CT molecular complexity index is 68.0. The van der Waals surface area contributed by atoms with Gasteiger partial charge < -0.3 is 4.79 Å². The van der Waals surface area contributed by atoms with Gasteiger partial charge in [-0.25, -0.2) is 0 Å². The molecule has 0 bridgehead atoms. The Morgan fingerprint density at radius 2 is 1.73 bits per heavy atom. The molecule has 0 aliphatic rings. The number of alkyl halides is 1. The van der Waals surface area contributed by atoms with Gasteiger partial charge in [-0.3, -0.25) is 0 Å². The fourth-order valence-electron chi connectivity index (χ4n) is 0.242. The van der Waals surface area contributed by atoms with E-state index in [1.165, 1.54) is 12.8 Å². The van der Waals surface area contributed by atoms with Gasteiger partial charge in [0.2, 0.25) is 0 Å². The normalized spacial score (nSPS) is 11.3. The summed E-state index contributed by atoms with van der Waals surface area (Å²) in [6.07, 6.45) is 4.56. The van der Waals surface area contributed by atoms with Gasteiger partial charge in [0.1, 0.15) is 6.29 Å². The van der Waals surface area contributed by atoms with Crippen LogP contribution in [0.4, 0.5) is 0 Å². The Kier molecular flexibility index (Phi) is 16.0. The fourth-order valence-corrected chi connectivity index (χ4v) is 0.852. The minimum absolute atomic E-state index is 0.222. The maximum atomic E-state index is 9.94. The zero-order valence-electron chi connectivity index (χ0n) is 7.77. The number of aldehydes is 1. The molecule has 11 heavy (non-hydrogen) atoms. The van der Waals surface area contributed by atoms with Crippen molar-refractivity contribution in [3.8, 4) is 0 Å². The lowest BCUT2D eigenvalue weighted by molar-refractivity contribution is -0.110. The van der Waals surface area contributed by atoms with Crippen LogP contribution in [0.3, 0.4) is 0 Å². The van der Waals surface area contributed by atoms with E-state index in [0.29, 0.717) is 0 Å². The van der Waals surface area contributed by atoms with E-state index in [1.54, 1.807) is 0 Å². The molecule has 0 aliphatic carbocycles. The average Bonchev–Trinajstić information content (AvgIpc) is 2.08. The van der Waals surface area contributed by atoms with Crippen LogP contribution in [0.25, 0.3) is 0 Å². The Labute approximate surface area is 78.7 Å². The standard InChI is InChI=1S/C5H9BrO.C4H10/c1-2-5(3-6)4-7;1-3-4-2/h4-5H,2-3H2,1H3;3-4H2,1-2H3. The third kappa shape index (κ3) is 13.2. The molecular weight excluding hydrogens is 204 g/mol. The smallest absolute Gasteiger partial charge is 0.123 e. The molecule has 0 rings (SSSR count). The first-order chi connectivity index (χ1) is 5.26. The highest BCUT2D eigenvalue weighted by atomic mass is 79.9. The maximum absolute atomic E-state index is 9.94. The third-order valence-corrected chi connectivity index (χ3v) is 2.25. The summed E-state index contributed by atoms with van der Waals surface area (Å²) in [5.74, 6) is 0.222. The molecule has 0 aliphatic heterocycles. The summed E-state index contributed by atoms with van der Waals surface area (Å²) >= 11 is 3.20. The predicted octanol–water partition coefficient (Wildman–Crippen LogP) is 3.41. The van der Waals surface area contributed by atoms with Crippen LogP contribution in [0.5, 0.6) is 0 Å². The van der Waals surface area contributed by atoms with Crippen LogP contribution in [-0.2, 0) is 4.79 Å². The van der Waals surface area contributed by atoms with Crippen molar-refractivity contribution >= 4 is 22.2 Å². The highest BCUT2D eigenvalue weighted by Gasteiger charge is 1.97. The van der Waals surface area contributed by atoms with Crippen molar-refractivity contribution in [2.75, 3.05) is 5.33 Å². The Balaban J connectivity index is 0. The van der Waals surface area contributed by atoms with E-state index in [2.05, 4.69) is 29.8 Å². The SMILES string of the molecule is CCC(C=O)CBr.CCCC. The molecule has 0 aromatic heterocycles. The van der Waals surface area contributed by atoms with Crippen LogP contribution in [-0.4, -0.2) is 11.6 Å². The summed E-state index contributed by atoms with van der Waals surface area (Å²) in [5.41, 5.74) is 0. The highest BCUT2D eigenvalue weighted by Crippen LogP contribution is 2.00. The molecule has 0 saturated heterocycles. The lowest BCUT2D eigenvalue weighted by Crippen LogP contribution is -1.99. The van der Waals surface area contributed by atoms with E-state index in [1.807, 2.05) is 6.92 Å². The number of halogens is 1. The van der Waals surface area contributed by atoms with Crippen LogP contribution in [0.15, 0.2) is 0 Å². The first-order valence-corrected chi connectivity index (χ1v) is 5.40. The Hall–Kier alpha value is 0.150. The molecule has 0 aromatic carbocycles. The summed E-state index contributed by atoms with van der Waals surface area (Å²) in [6, 6.07) is 0. The second-order valence-electron chi connectivity index (χ2n) is 2.46. The summed E-state index contributed by atoms with van der Waals surface area (Å²) in [4.78, 5) is 9.94. The quantitative estimate of drug-likeness (QED) is 0.527. The van der Waals surface area contributed by atoms with Crippen LogP contribution in [0.1, 0.15) is 40.0 Å². The Morgan fingerprint density at radius 3 is 1.73 bits per heavy atom. The fraction of sp³-hybridized carbons (Fsp3) is 0.889. The van der Waals surface area contributed by atoms with Gasteiger partial charge in [0.25, 0.3) is 0 Å². The van der Waals surface area contributed by atoms with Crippen molar-refractivity contribution < 1.29 is 4.79 Å². The molecule has 0 saturated carbocycles. The third-order valence-electron chi connectivity index (χ3n) is 1.42. The second-order valence-corrected chi connectivity index (χ2v) is 3.11. The first kappa shape index (κ1) is 13.7. The largest absolute Gasteiger partial charge is 0.303 e. The molecule has 0 aromatic rings. The minimum Gasteiger partial charge on any atom is -0.303 e. The van der Waals surface area contributed by atoms with Crippen molar-refractivity contribution in [1.29, 1.82) is 0 Å². The lowest BCUT2D eigenvalue weighted by Gasteiger charge is -1.96. The van der Waals surface area contributed by atoms with E-state index in [4.69, 9.17) is 0 Å². The van der Waals surface area contributed by atoms with E-state index < -0.39 is 0 Å². The van der Waals surface area contributed by atoms with E-state index in [9.17, 15) is 4.79 Å². The molecule has 2 heteroatoms. The van der Waals surface area contributed by atoms with Gasteiger partial charge in [-0.05, 0) is 6.42 Å². The summed E-state index contributed by atoms with van der Waals surface area (Å²) in [5, 5.41) is 0.799. The van der Waals surface area contributed by atoms with Gasteiger partial charge in [0.15, 0.2) is 0 Å². The zero-order valence-corrected chi connectivity index (χ0v) is 9.36. The van der Waals surface area contributed by atoms with Gasteiger partial charge in [-0.1, -0.05) is 49.5 Å². The lowest BCUT2D eigenvalue weighted by atomic mass is 10.2. The topological polar surface area (TPSA) is 17.1 Å². The number of carbonyl (C=O) groups is 1. The monoisotopic (exact) mass is 222 g/mol. The van der Waals surface area contributed by atoms with Gasteiger partial charge in [0.05, 0.1) is 0 Å². The molecule has 68 valence electrons. The molecule has 0 fully saturated rings. The molecule has 0 spiro atoms. The van der Waals surface area contributed by atoms with Crippen molar-refractivity contribution in [3.05, 3.63) is 0 Å². The van der Waals surface area contributed by atoms with Gasteiger partial charge >= 0.3 is 0 Å². The van der Waals surface area contributed by atoms with Crippen molar-refractivity contribution in [3.63, 3.8) is 0 Å². The Morgan fingerprint density at radius 1 is 1.27 bits per heavy atom. The molecule has 0 radical (unpaired) electrons. The highest BCUT2D eigenvalue weighted by molar-refractivity contribution is 9.09. The number of carbonyl (C=O) groups excluding carboxylic acids is 1. The van der Waals surface area contributed by atoms with Crippen LogP contribution >= 0.6 is 15.9 Å². The number of hydrogen-bond acceptors (Lipinski definition) is 1. The zero-order chi connectivity index (χ0) is 9.11. The molecule has 0 N–H and O–H groups in total. The second kappa shape index (κ2) is 12.8. The first-order valence-electron chi connectivity index (χ1n) is 4.27. The molecule has 0 amide bonds. The number of unbranched alkanes of at least 4 members (excludes halogenated alkanes) is 1. The number of hydrogen-bond donors (Lipinski definition) is 0. The van der Waals surface area contributed by atoms with Crippen LogP contribution in [0, 0.1) is 5.92 Å².